The minimum atomic E-state index is -3.83. The van der Waals surface area contributed by atoms with Gasteiger partial charge in [-0.25, -0.2) is 4.57 Å². The molecule has 11 heteroatoms. The zero-order valence-corrected chi connectivity index (χ0v) is 18.2. The molecule has 0 aromatic heterocycles. The zero-order chi connectivity index (χ0) is 15.6. The molecule has 0 unspecified atom stereocenters. The summed E-state index contributed by atoms with van der Waals surface area (Å²) in [5, 5.41) is 1.19. The van der Waals surface area contributed by atoms with Gasteiger partial charge in [-0.15, -0.1) is 34.8 Å². The monoisotopic (exact) mass is 560 g/mol. The smallest absolute Gasteiger partial charge is 0.281 e. The van der Waals surface area contributed by atoms with Crippen LogP contribution in [0.1, 0.15) is 0 Å². The van der Waals surface area contributed by atoms with Crippen molar-refractivity contribution in [2.45, 2.75) is 18.3 Å². The molecule has 0 aliphatic carbocycles. The second kappa shape index (κ2) is 12.8. The van der Waals surface area contributed by atoms with Gasteiger partial charge in [-0.3, -0.25) is 13.6 Å². The lowest BCUT2D eigenvalue weighted by Crippen LogP contribution is -2.25. The van der Waals surface area contributed by atoms with Crippen molar-refractivity contribution in [3.63, 3.8) is 0 Å². The molecule has 0 N–H and O–H groups in total. The summed E-state index contributed by atoms with van der Waals surface area (Å²) in [6.45, 7) is 0. The number of hydrogen-bond donors (Lipinski definition) is 0. The van der Waals surface area contributed by atoms with E-state index in [9.17, 15) is 4.57 Å². The molecule has 20 heavy (non-hydrogen) atoms. The van der Waals surface area contributed by atoms with Gasteiger partial charge in [0, 0.05) is 16.0 Å². The number of phosphoric acid groups is 1. The highest BCUT2D eigenvalue weighted by atomic mass is 79.9. The van der Waals surface area contributed by atoms with Crippen LogP contribution in [0.3, 0.4) is 0 Å². The summed E-state index contributed by atoms with van der Waals surface area (Å²) in [5.74, 6) is 0.422. The quantitative estimate of drug-likeness (QED) is 0.243. The van der Waals surface area contributed by atoms with E-state index in [0.29, 0.717) is 16.0 Å². The largest absolute Gasteiger partial charge is 0.475 e. The summed E-state index contributed by atoms with van der Waals surface area (Å²) in [7, 11) is -3.83. The number of rotatable bonds is 12. The molecule has 0 bridgehead atoms. The van der Waals surface area contributed by atoms with Gasteiger partial charge in [-0.1, -0.05) is 47.8 Å². The molecule has 0 aromatic carbocycles. The first-order chi connectivity index (χ1) is 9.48. The maximum Gasteiger partial charge on any atom is 0.475 e. The van der Waals surface area contributed by atoms with Crippen molar-refractivity contribution >= 4 is 90.4 Å². The third-order valence-electron chi connectivity index (χ3n) is 1.87. The Balaban J connectivity index is 4.95. The molecule has 0 heterocycles. The Morgan fingerprint density at radius 3 is 1.15 bits per heavy atom. The summed E-state index contributed by atoms with van der Waals surface area (Å²) in [6.07, 6.45) is -1.54. The van der Waals surface area contributed by atoms with Crippen LogP contribution in [0.2, 0.25) is 0 Å². The topological polar surface area (TPSA) is 44.8 Å². The summed E-state index contributed by atoms with van der Waals surface area (Å²) in [5.41, 5.74) is 0. The van der Waals surface area contributed by atoms with E-state index in [1.54, 1.807) is 0 Å². The highest BCUT2D eigenvalue weighted by Crippen LogP contribution is 2.53. The van der Waals surface area contributed by atoms with Gasteiger partial charge in [0.1, 0.15) is 0 Å². The molecule has 0 aromatic rings. The van der Waals surface area contributed by atoms with Crippen LogP contribution >= 0.6 is 90.4 Å². The Morgan fingerprint density at radius 2 is 1.00 bits per heavy atom. The van der Waals surface area contributed by atoms with Crippen molar-refractivity contribution in [2.75, 3.05) is 33.6 Å². The number of halogens is 6. The van der Waals surface area contributed by atoms with Gasteiger partial charge in [0.2, 0.25) is 0 Å². The average Bonchev–Trinajstić information content (AvgIpc) is 2.48. The minimum Gasteiger partial charge on any atom is -0.281 e. The maximum absolute atomic E-state index is 12.7. The first-order valence-corrected chi connectivity index (χ1v) is 11.9. The van der Waals surface area contributed by atoms with Gasteiger partial charge in [0.05, 0.1) is 36.0 Å². The summed E-state index contributed by atoms with van der Waals surface area (Å²) < 4.78 is 28.8. The number of hydrogen-bond acceptors (Lipinski definition) is 4. The van der Waals surface area contributed by atoms with E-state index in [2.05, 4.69) is 47.8 Å². The molecule has 122 valence electrons. The summed E-state index contributed by atoms with van der Waals surface area (Å²) in [6, 6.07) is 0. The maximum atomic E-state index is 12.7. The van der Waals surface area contributed by atoms with Crippen LogP contribution in [-0.4, -0.2) is 51.9 Å². The van der Waals surface area contributed by atoms with E-state index in [0.717, 1.165) is 0 Å². The van der Waals surface area contributed by atoms with Crippen LogP contribution in [0.15, 0.2) is 0 Å². The predicted octanol–water partition coefficient (Wildman–Crippen LogP) is 5.15. The van der Waals surface area contributed by atoms with Crippen molar-refractivity contribution < 1.29 is 18.1 Å². The normalized spacial score (nSPS) is 16.9. The Kier molecular flexibility index (Phi) is 14.3. The van der Waals surface area contributed by atoms with E-state index in [1.165, 1.54) is 0 Å². The van der Waals surface area contributed by atoms with E-state index < -0.39 is 26.1 Å². The average molecular weight is 564 g/mol. The van der Waals surface area contributed by atoms with Crippen LogP contribution < -0.4 is 0 Å². The van der Waals surface area contributed by atoms with Gasteiger partial charge in [0.25, 0.3) is 0 Å². The fourth-order valence-electron chi connectivity index (χ4n) is 0.915. The predicted molar refractivity (Wildman–Crippen MR) is 95.8 cm³/mol. The van der Waals surface area contributed by atoms with Crippen LogP contribution in [0.4, 0.5) is 0 Å². The fraction of sp³-hybridized carbons (Fsp3) is 1.00. The molecule has 0 fully saturated rings. The van der Waals surface area contributed by atoms with Crippen molar-refractivity contribution in [1.29, 1.82) is 0 Å². The van der Waals surface area contributed by atoms with Crippen LogP contribution in [0.5, 0.6) is 0 Å². The molecule has 0 amide bonds. The van der Waals surface area contributed by atoms with Gasteiger partial charge >= 0.3 is 7.82 Å². The van der Waals surface area contributed by atoms with E-state index in [4.69, 9.17) is 48.4 Å². The van der Waals surface area contributed by atoms with Crippen molar-refractivity contribution in [3.05, 3.63) is 0 Å². The number of phosphoric ester groups is 1. The molecule has 0 rings (SSSR count). The lowest BCUT2D eigenvalue weighted by atomic mass is 10.5. The SMILES string of the molecule is O=P(O[C@H](CCl)CBr)(O[C@@H](CCl)CBr)O[C@@H](CCl)CBr. The van der Waals surface area contributed by atoms with Gasteiger partial charge < -0.3 is 0 Å². The second-order valence-corrected chi connectivity index (χ2v) is 7.95. The minimum absolute atomic E-state index is 0.141. The van der Waals surface area contributed by atoms with Gasteiger partial charge in [-0.2, -0.15) is 0 Å². The van der Waals surface area contributed by atoms with Crippen molar-refractivity contribution in [3.8, 4) is 0 Å². The molecule has 0 aliphatic heterocycles. The first kappa shape index (κ1) is 22.4. The van der Waals surface area contributed by atoms with Gasteiger partial charge in [-0.05, 0) is 0 Å². The van der Waals surface area contributed by atoms with Crippen LogP contribution in [-0.2, 0) is 18.1 Å². The first-order valence-electron chi connectivity index (χ1n) is 5.49. The molecule has 0 saturated heterocycles. The Hall–Kier alpha value is 2.42. The molecular weight excluding hydrogens is 549 g/mol. The molecule has 0 spiro atoms. The zero-order valence-electron chi connectivity index (χ0n) is 10.3. The lowest BCUT2D eigenvalue weighted by molar-refractivity contribution is 0.0622. The molecule has 3 atom stereocenters. The molecule has 0 aliphatic rings. The Bertz CT molecular complexity index is 249. The van der Waals surface area contributed by atoms with Crippen molar-refractivity contribution in [1.82, 2.24) is 0 Å². The van der Waals surface area contributed by atoms with Gasteiger partial charge in [0.15, 0.2) is 0 Å². The van der Waals surface area contributed by atoms with Crippen LogP contribution in [0, 0.1) is 0 Å². The number of alkyl halides is 6. The van der Waals surface area contributed by atoms with E-state index >= 15 is 0 Å². The second-order valence-electron chi connectivity index (χ2n) is 3.56. The van der Waals surface area contributed by atoms with Crippen LogP contribution in [0.25, 0.3) is 0 Å². The fourth-order valence-corrected chi connectivity index (χ4v) is 5.87. The Morgan fingerprint density at radius 1 is 0.750 bits per heavy atom. The van der Waals surface area contributed by atoms with E-state index in [-0.39, 0.29) is 17.6 Å². The molecule has 0 saturated carbocycles. The standard InChI is InChI=1S/C9H15Br3Cl3O4P/c10-1-7(4-13)17-20(16,18-8(2-11)5-14)19-9(3-12)6-15/h7-9H,1-6H2/t7-,8-,9+/m1/s1. The Labute approximate surface area is 159 Å². The lowest BCUT2D eigenvalue weighted by Gasteiger charge is -2.27. The van der Waals surface area contributed by atoms with Crippen molar-refractivity contribution in [2.24, 2.45) is 0 Å². The summed E-state index contributed by atoms with van der Waals surface area (Å²) >= 11 is 26.8. The highest BCUT2D eigenvalue weighted by molar-refractivity contribution is 9.09. The summed E-state index contributed by atoms with van der Waals surface area (Å²) in [4.78, 5) is 0. The third-order valence-corrected chi connectivity index (χ3v) is 6.74. The molecule has 0 radical (unpaired) electrons. The molecule has 4 nitrogen and oxygen atoms in total. The molecular formula is C9H15Br3Cl3O4P. The third kappa shape index (κ3) is 8.90. The highest BCUT2D eigenvalue weighted by Gasteiger charge is 2.35. The van der Waals surface area contributed by atoms with E-state index in [1.807, 2.05) is 0 Å².